The fourth-order valence-electron chi connectivity index (χ4n) is 3.30. The topological polar surface area (TPSA) is 135 Å². The Morgan fingerprint density at radius 1 is 1.33 bits per heavy atom. The Hall–Kier alpha value is -3.22. The highest BCUT2D eigenvalue weighted by Crippen LogP contribution is 2.24. The summed E-state index contributed by atoms with van der Waals surface area (Å²) in [5.41, 5.74) is 6.84. The van der Waals surface area contributed by atoms with Crippen LogP contribution in [0.1, 0.15) is 36.5 Å². The van der Waals surface area contributed by atoms with Gasteiger partial charge in [-0.05, 0) is 46.0 Å². The van der Waals surface area contributed by atoms with Crippen molar-refractivity contribution in [3.8, 4) is 6.07 Å². The van der Waals surface area contributed by atoms with E-state index in [1.54, 1.807) is 29.7 Å². The summed E-state index contributed by atoms with van der Waals surface area (Å²) in [6.45, 7) is 4.75. The standard InChI is InChI=1S/C20H23ClN8O/c1-11-13(10-22)17(28-20(23)26-11)25-12(2)18-27-15-7-4-6-14(21)16(15)19(30)29(18)9-5-8-24-3/h4,6-7,12,24H,5,8-9H2,1-3H3,(H3,23,25,26,28)/t12-/m0/s1. The number of nitrogens with two attached hydrogens (primary N) is 1. The van der Waals surface area contributed by atoms with Crippen molar-refractivity contribution in [1.82, 2.24) is 24.8 Å². The predicted molar refractivity (Wildman–Crippen MR) is 117 cm³/mol. The molecule has 0 unspecified atom stereocenters. The average Bonchev–Trinajstić information content (AvgIpc) is 2.69. The number of aryl methyl sites for hydroxylation is 1. The minimum atomic E-state index is -0.434. The van der Waals surface area contributed by atoms with Crippen LogP contribution in [0.3, 0.4) is 0 Å². The first-order valence-corrected chi connectivity index (χ1v) is 9.89. The lowest BCUT2D eigenvalue weighted by molar-refractivity contribution is 0.552. The van der Waals surface area contributed by atoms with Crippen LogP contribution in [0.15, 0.2) is 23.0 Å². The van der Waals surface area contributed by atoms with E-state index in [1.807, 2.05) is 14.0 Å². The smallest absolute Gasteiger partial charge is 0.262 e. The molecule has 4 N–H and O–H groups in total. The molecule has 9 nitrogen and oxygen atoms in total. The molecule has 0 saturated heterocycles. The molecular weight excluding hydrogens is 404 g/mol. The van der Waals surface area contributed by atoms with E-state index in [1.165, 1.54) is 0 Å². The summed E-state index contributed by atoms with van der Waals surface area (Å²) < 4.78 is 1.62. The fraction of sp³-hybridized carbons (Fsp3) is 0.350. The van der Waals surface area contributed by atoms with Crippen molar-refractivity contribution in [2.75, 3.05) is 24.6 Å². The van der Waals surface area contributed by atoms with Crippen LogP contribution >= 0.6 is 11.6 Å². The van der Waals surface area contributed by atoms with E-state index < -0.39 is 6.04 Å². The second kappa shape index (κ2) is 9.07. The first kappa shape index (κ1) is 21.5. The van der Waals surface area contributed by atoms with Gasteiger partial charge in [0.2, 0.25) is 5.95 Å². The normalized spacial score (nSPS) is 12.0. The van der Waals surface area contributed by atoms with Crippen LogP contribution in [-0.4, -0.2) is 33.1 Å². The number of anilines is 2. The monoisotopic (exact) mass is 426 g/mol. The van der Waals surface area contributed by atoms with Gasteiger partial charge in [0, 0.05) is 6.54 Å². The molecule has 3 rings (SSSR count). The third-order valence-electron chi connectivity index (χ3n) is 4.73. The highest BCUT2D eigenvalue weighted by Gasteiger charge is 2.20. The van der Waals surface area contributed by atoms with Crippen LogP contribution in [0.25, 0.3) is 10.9 Å². The molecule has 2 heterocycles. The zero-order valence-corrected chi connectivity index (χ0v) is 17.8. The van der Waals surface area contributed by atoms with Crippen molar-refractivity contribution in [3.05, 3.63) is 50.7 Å². The van der Waals surface area contributed by atoms with Gasteiger partial charge in [-0.25, -0.2) is 9.97 Å². The summed E-state index contributed by atoms with van der Waals surface area (Å²) >= 11 is 6.28. The van der Waals surface area contributed by atoms with Gasteiger partial charge in [-0.1, -0.05) is 17.7 Å². The quantitative estimate of drug-likeness (QED) is 0.490. The molecule has 0 aliphatic heterocycles. The number of nitriles is 1. The average molecular weight is 427 g/mol. The Kier molecular flexibility index (Phi) is 6.50. The molecule has 1 atom stereocenters. The van der Waals surface area contributed by atoms with Gasteiger partial charge in [0.1, 0.15) is 23.3 Å². The predicted octanol–water partition coefficient (Wildman–Crippen LogP) is 2.38. The van der Waals surface area contributed by atoms with Crippen LogP contribution in [0.4, 0.5) is 11.8 Å². The Morgan fingerprint density at radius 3 is 2.80 bits per heavy atom. The molecule has 2 aromatic heterocycles. The number of halogens is 1. The number of nitrogens with zero attached hydrogens (tertiary/aromatic N) is 5. The van der Waals surface area contributed by atoms with E-state index in [-0.39, 0.29) is 11.5 Å². The Bertz CT molecular complexity index is 1180. The van der Waals surface area contributed by atoms with E-state index in [0.29, 0.717) is 45.4 Å². The molecule has 0 fully saturated rings. The number of hydrogen-bond donors (Lipinski definition) is 3. The van der Waals surface area contributed by atoms with Crippen LogP contribution in [-0.2, 0) is 6.54 Å². The maximum Gasteiger partial charge on any atom is 0.262 e. The van der Waals surface area contributed by atoms with E-state index in [0.717, 1.165) is 13.0 Å². The molecule has 156 valence electrons. The number of nitrogens with one attached hydrogen (secondary N) is 2. The fourth-order valence-corrected chi connectivity index (χ4v) is 3.55. The molecule has 3 aromatic rings. The molecule has 0 bridgehead atoms. The minimum Gasteiger partial charge on any atom is -0.368 e. The second-order valence-corrected chi connectivity index (χ2v) is 7.29. The number of nitrogen functional groups attached to an aromatic ring is 1. The van der Waals surface area contributed by atoms with Gasteiger partial charge >= 0.3 is 0 Å². The summed E-state index contributed by atoms with van der Waals surface area (Å²) in [5, 5.41) is 16.5. The van der Waals surface area contributed by atoms with E-state index >= 15 is 0 Å². The van der Waals surface area contributed by atoms with Gasteiger partial charge in [-0.15, -0.1) is 0 Å². The van der Waals surface area contributed by atoms with Crippen LogP contribution in [0.5, 0.6) is 0 Å². The van der Waals surface area contributed by atoms with Gasteiger partial charge in [0.25, 0.3) is 5.56 Å². The molecular formula is C20H23ClN8O. The van der Waals surface area contributed by atoms with Gasteiger partial charge in [-0.2, -0.15) is 10.2 Å². The SMILES string of the molecule is CNCCCn1c([C@H](C)Nc2nc(N)nc(C)c2C#N)nc2cccc(Cl)c2c1=O. The number of benzene rings is 1. The molecule has 0 saturated carbocycles. The van der Waals surface area contributed by atoms with E-state index in [9.17, 15) is 10.1 Å². The third kappa shape index (κ3) is 4.20. The molecule has 0 amide bonds. The molecule has 1 aromatic carbocycles. The summed E-state index contributed by atoms with van der Waals surface area (Å²) in [6.07, 6.45) is 0.733. The first-order valence-electron chi connectivity index (χ1n) is 9.51. The van der Waals surface area contributed by atoms with Gasteiger partial charge < -0.3 is 16.4 Å². The Balaban J connectivity index is 2.11. The van der Waals surface area contributed by atoms with Crippen molar-refractivity contribution in [2.45, 2.75) is 32.9 Å². The highest BCUT2D eigenvalue weighted by atomic mass is 35.5. The minimum absolute atomic E-state index is 0.0610. The summed E-state index contributed by atoms with van der Waals surface area (Å²) in [5.74, 6) is 0.882. The number of hydrogen-bond acceptors (Lipinski definition) is 8. The lowest BCUT2D eigenvalue weighted by Gasteiger charge is -2.21. The molecule has 0 radical (unpaired) electrons. The van der Waals surface area contributed by atoms with Crippen molar-refractivity contribution in [2.24, 2.45) is 0 Å². The van der Waals surface area contributed by atoms with Crippen molar-refractivity contribution in [1.29, 1.82) is 5.26 Å². The van der Waals surface area contributed by atoms with E-state index in [4.69, 9.17) is 22.3 Å². The van der Waals surface area contributed by atoms with Gasteiger partial charge in [-0.3, -0.25) is 9.36 Å². The highest BCUT2D eigenvalue weighted by molar-refractivity contribution is 6.35. The summed E-state index contributed by atoms with van der Waals surface area (Å²) in [7, 11) is 1.86. The van der Waals surface area contributed by atoms with Crippen LogP contribution in [0.2, 0.25) is 5.02 Å². The molecule has 0 aliphatic rings. The van der Waals surface area contributed by atoms with Crippen molar-refractivity contribution < 1.29 is 0 Å². The summed E-state index contributed by atoms with van der Waals surface area (Å²) in [6, 6.07) is 6.85. The molecule has 0 aliphatic carbocycles. The van der Waals surface area contributed by atoms with Gasteiger partial charge in [0.05, 0.1) is 27.7 Å². The maximum absolute atomic E-state index is 13.2. The Morgan fingerprint density at radius 2 is 2.10 bits per heavy atom. The summed E-state index contributed by atoms with van der Waals surface area (Å²) in [4.78, 5) is 26.1. The third-order valence-corrected chi connectivity index (χ3v) is 5.05. The Labute approximate surface area is 178 Å². The van der Waals surface area contributed by atoms with Crippen LogP contribution < -0.4 is 21.9 Å². The van der Waals surface area contributed by atoms with Crippen molar-refractivity contribution in [3.63, 3.8) is 0 Å². The number of rotatable bonds is 7. The maximum atomic E-state index is 13.2. The first-order chi connectivity index (χ1) is 14.4. The molecule has 10 heteroatoms. The van der Waals surface area contributed by atoms with Crippen molar-refractivity contribution >= 4 is 34.3 Å². The zero-order valence-electron chi connectivity index (χ0n) is 17.0. The molecule has 0 spiro atoms. The van der Waals surface area contributed by atoms with Gasteiger partial charge in [0.15, 0.2) is 0 Å². The number of fused-ring (bicyclic) bond motifs is 1. The zero-order chi connectivity index (χ0) is 21.8. The molecule has 30 heavy (non-hydrogen) atoms. The van der Waals surface area contributed by atoms with E-state index in [2.05, 4.69) is 26.7 Å². The number of aromatic nitrogens is 4. The largest absolute Gasteiger partial charge is 0.368 e. The lowest BCUT2D eigenvalue weighted by atomic mass is 10.2. The lowest BCUT2D eigenvalue weighted by Crippen LogP contribution is -2.30. The van der Waals surface area contributed by atoms with Crippen LogP contribution in [0, 0.1) is 18.3 Å². The second-order valence-electron chi connectivity index (χ2n) is 6.89.